The highest BCUT2D eigenvalue weighted by Gasteiger charge is 2.40. The minimum atomic E-state index is -0.702. The van der Waals surface area contributed by atoms with Crippen LogP contribution >= 0.6 is 0 Å². The van der Waals surface area contributed by atoms with Gasteiger partial charge in [0.15, 0.2) is 0 Å². The Morgan fingerprint density at radius 1 is 1.28 bits per heavy atom. The van der Waals surface area contributed by atoms with E-state index in [0.29, 0.717) is 6.42 Å². The fraction of sp³-hybridized carbons (Fsp3) is 0.643. The molecule has 1 heterocycles. The summed E-state index contributed by atoms with van der Waals surface area (Å²) in [6.07, 6.45) is 12.0. The maximum atomic E-state index is 11.8. The number of carbonyl (C=O) groups excluding carboxylic acids is 1. The summed E-state index contributed by atoms with van der Waals surface area (Å²) >= 11 is 0. The van der Waals surface area contributed by atoms with Gasteiger partial charge in [0.1, 0.15) is 0 Å². The molecule has 4 N–H and O–H groups in total. The molecule has 4 nitrogen and oxygen atoms in total. The second-order valence-corrected chi connectivity index (χ2v) is 5.33. The fourth-order valence-electron chi connectivity index (χ4n) is 2.84. The normalized spacial score (nSPS) is 32.6. The van der Waals surface area contributed by atoms with Crippen LogP contribution < -0.4 is 11.5 Å². The Bertz CT molecular complexity index is 358. The molecule has 100 valence electrons. The summed E-state index contributed by atoms with van der Waals surface area (Å²) in [5.74, 6) is -0.312. The molecule has 2 unspecified atom stereocenters. The van der Waals surface area contributed by atoms with Gasteiger partial charge in [-0.25, -0.2) is 0 Å². The summed E-state index contributed by atoms with van der Waals surface area (Å²) in [4.78, 5) is 14.2. The summed E-state index contributed by atoms with van der Waals surface area (Å²) in [5.41, 5.74) is 11.0. The number of nitrogens with two attached hydrogens (primary N) is 2. The molecule has 1 fully saturated rings. The highest BCUT2D eigenvalue weighted by atomic mass is 16.1. The van der Waals surface area contributed by atoms with E-state index < -0.39 is 5.41 Å². The van der Waals surface area contributed by atoms with E-state index in [-0.39, 0.29) is 11.9 Å². The van der Waals surface area contributed by atoms with Crippen LogP contribution in [0, 0.1) is 5.41 Å². The van der Waals surface area contributed by atoms with Crippen LogP contribution in [0.1, 0.15) is 25.7 Å². The number of piperidine rings is 1. The fourth-order valence-corrected chi connectivity index (χ4v) is 2.84. The Morgan fingerprint density at radius 3 is 2.61 bits per heavy atom. The van der Waals surface area contributed by atoms with Gasteiger partial charge in [-0.1, -0.05) is 30.7 Å². The van der Waals surface area contributed by atoms with Crippen molar-refractivity contribution in [1.29, 1.82) is 0 Å². The second-order valence-electron chi connectivity index (χ2n) is 5.33. The summed E-state index contributed by atoms with van der Waals surface area (Å²) in [6.45, 7) is 3.15. The maximum Gasteiger partial charge on any atom is 0.229 e. The van der Waals surface area contributed by atoms with Crippen LogP contribution in [0.25, 0.3) is 0 Å². The van der Waals surface area contributed by atoms with Crippen molar-refractivity contribution in [2.45, 2.75) is 31.7 Å². The maximum absolute atomic E-state index is 11.8. The number of carbonyl (C=O) groups is 1. The number of rotatable bonds is 4. The predicted octanol–water partition coefficient (Wildman–Crippen LogP) is 0.787. The topological polar surface area (TPSA) is 72.4 Å². The van der Waals surface area contributed by atoms with Crippen LogP contribution in [0.3, 0.4) is 0 Å². The number of amides is 1. The van der Waals surface area contributed by atoms with Crippen molar-refractivity contribution < 1.29 is 4.79 Å². The molecule has 1 amide bonds. The Balaban J connectivity index is 2.00. The van der Waals surface area contributed by atoms with Crippen LogP contribution in [0.15, 0.2) is 24.3 Å². The highest BCUT2D eigenvalue weighted by Crippen LogP contribution is 2.31. The number of primary amides is 1. The van der Waals surface area contributed by atoms with Crippen molar-refractivity contribution in [2.24, 2.45) is 16.9 Å². The summed E-state index contributed by atoms with van der Waals surface area (Å²) < 4.78 is 0. The van der Waals surface area contributed by atoms with Gasteiger partial charge in [0.2, 0.25) is 5.91 Å². The monoisotopic (exact) mass is 249 g/mol. The third-order valence-electron chi connectivity index (χ3n) is 4.17. The quantitative estimate of drug-likeness (QED) is 0.773. The molecule has 0 saturated carbocycles. The minimum absolute atomic E-state index is 0.301. The molecule has 4 heteroatoms. The Hall–Kier alpha value is -1.13. The van der Waals surface area contributed by atoms with Gasteiger partial charge < -0.3 is 16.4 Å². The van der Waals surface area contributed by atoms with Gasteiger partial charge in [-0.2, -0.15) is 0 Å². The summed E-state index contributed by atoms with van der Waals surface area (Å²) in [7, 11) is 0. The first-order valence-electron chi connectivity index (χ1n) is 6.79. The van der Waals surface area contributed by atoms with Crippen molar-refractivity contribution in [2.75, 3.05) is 19.6 Å². The van der Waals surface area contributed by atoms with Gasteiger partial charge >= 0.3 is 0 Å². The number of hydrogen-bond donors (Lipinski definition) is 2. The van der Waals surface area contributed by atoms with Gasteiger partial charge in [0, 0.05) is 6.04 Å². The second kappa shape index (κ2) is 5.67. The first-order valence-corrected chi connectivity index (χ1v) is 6.79. The van der Waals surface area contributed by atoms with E-state index in [1.807, 2.05) is 24.3 Å². The average Bonchev–Trinajstić information content (AvgIpc) is 2.39. The zero-order chi connectivity index (χ0) is 13.0. The van der Waals surface area contributed by atoms with Gasteiger partial charge in [0.05, 0.1) is 5.41 Å². The molecule has 18 heavy (non-hydrogen) atoms. The number of likely N-dealkylation sites (tertiary alicyclic amines) is 1. The molecule has 2 rings (SSSR count). The van der Waals surface area contributed by atoms with Crippen LogP contribution in [0.5, 0.6) is 0 Å². The van der Waals surface area contributed by atoms with Crippen molar-refractivity contribution in [3.8, 4) is 0 Å². The van der Waals surface area contributed by atoms with E-state index in [1.165, 1.54) is 19.3 Å². The number of hydrogen-bond acceptors (Lipinski definition) is 3. The van der Waals surface area contributed by atoms with Crippen LogP contribution in [-0.2, 0) is 4.79 Å². The van der Waals surface area contributed by atoms with Crippen molar-refractivity contribution in [3.63, 3.8) is 0 Å². The molecule has 0 radical (unpaired) electrons. The molecule has 0 aromatic carbocycles. The summed E-state index contributed by atoms with van der Waals surface area (Å²) in [5, 5.41) is 0. The molecule has 1 aliphatic carbocycles. The molecule has 0 spiro atoms. The van der Waals surface area contributed by atoms with Gasteiger partial charge in [-0.15, -0.1) is 0 Å². The average molecular weight is 249 g/mol. The zero-order valence-corrected chi connectivity index (χ0v) is 10.8. The molecule has 0 bridgehead atoms. The van der Waals surface area contributed by atoms with E-state index >= 15 is 0 Å². The predicted molar refractivity (Wildman–Crippen MR) is 72.8 cm³/mol. The van der Waals surface area contributed by atoms with Gasteiger partial charge in [-0.05, 0) is 38.9 Å². The van der Waals surface area contributed by atoms with E-state index in [0.717, 1.165) is 19.6 Å². The van der Waals surface area contributed by atoms with Crippen LogP contribution in [-0.4, -0.2) is 36.5 Å². The molecular weight excluding hydrogens is 226 g/mol. The van der Waals surface area contributed by atoms with E-state index in [9.17, 15) is 4.79 Å². The van der Waals surface area contributed by atoms with Crippen LogP contribution in [0.2, 0.25) is 0 Å². The lowest BCUT2D eigenvalue weighted by Gasteiger charge is -2.36. The minimum Gasteiger partial charge on any atom is -0.369 e. The Labute approximate surface area is 109 Å². The number of allylic oxidation sites excluding steroid dienone is 2. The molecule has 2 atom stereocenters. The lowest BCUT2D eigenvalue weighted by atomic mass is 9.74. The largest absolute Gasteiger partial charge is 0.369 e. The molecule has 1 aliphatic heterocycles. The lowest BCUT2D eigenvalue weighted by Crippen LogP contribution is -2.51. The Kier molecular flexibility index (Phi) is 4.19. The van der Waals surface area contributed by atoms with E-state index in [1.54, 1.807) is 0 Å². The van der Waals surface area contributed by atoms with E-state index in [2.05, 4.69) is 4.90 Å². The van der Waals surface area contributed by atoms with Gasteiger partial charge in [-0.3, -0.25) is 4.79 Å². The standard InChI is InChI=1S/C14H23N3O/c15-12-6-2-3-7-14(12,13(16)18)8-11-17-9-4-1-5-10-17/h2-3,6-7,12H,1,4-5,8-11,15H2,(H2,16,18). The third-order valence-corrected chi connectivity index (χ3v) is 4.17. The van der Waals surface area contributed by atoms with Crippen molar-refractivity contribution in [3.05, 3.63) is 24.3 Å². The zero-order valence-electron chi connectivity index (χ0n) is 10.8. The van der Waals surface area contributed by atoms with Gasteiger partial charge in [0.25, 0.3) is 0 Å². The van der Waals surface area contributed by atoms with Crippen LogP contribution in [0.4, 0.5) is 0 Å². The molecule has 2 aliphatic rings. The highest BCUT2D eigenvalue weighted by molar-refractivity contribution is 5.84. The molecule has 0 aromatic heterocycles. The first kappa shape index (κ1) is 13.3. The van der Waals surface area contributed by atoms with E-state index in [4.69, 9.17) is 11.5 Å². The lowest BCUT2D eigenvalue weighted by molar-refractivity contribution is -0.126. The number of nitrogens with zero attached hydrogens (tertiary/aromatic N) is 1. The Morgan fingerprint density at radius 2 is 2.00 bits per heavy atom. The summed E-state index contributed by atoms with van der Waals surface area (Å²) in [6, 6.07) is -0.301. The molecular formula is C14H23N3O. The third kappa shape index (κ3) is 2.65. The van der Waals surface area contributed by atoms with Crippen molar-refractivity contribution >= 4 is 5.91 Å². The SMILES string of the molecule is NC(=O)C1(CCN2CCCCC2)C=CC=CC1N. The van der Waals surface area contributed by atoms with Crippen molar-refractivity contribution in [1.82, 2.24) is 4.90 Å². The first-order chi connectivity index (χ1) is 8.65. The molecule has 1 saturated heterocycles. The smallest absolute Gasteiger partial charge is 0.229 e. The molecule has 0 aromatic rings.